The van der Waals surface area contributed by atoms with Crippen molar-refractivity contribution in [1.82, 2.24) is 5.32 Å². The number of nitrogens with one attached hydrogen (secondary N) is 2. The lowest BCUT2D eigenvalue weighted by atomic mass is 9.98. The third-order valence-corrected chi connectivity index (χ3v) is 4.45. The Labute approximate surface area is 109 Å². The molecule has 0 saturated heterocycles. The van der Waals surface area contributed by atoms with Gasteiger partial charge in [-0.25, -0.2) is 0 Å². The van der Waals surface area contributed by atoms with Gasteiger partial charge in [0.2, 0.25) is 0 Å². The summed E-state index contributed by atoms with van der Waals surface area (Å²) in [5.74, 6) is 0. The Hall–Kier alpha value is -1.06. The van der Waals surface area contributed by atoms with Gasteiger partial charge in [0.1, 0.15) is 0 Å². The van der Waals surface area contributed by atoms with Gasteiger partial charge in [-0.05, 0) is 30.4 Å². The van der Waals surface area contributed by atoms with E-state index in [-0.39, 0.29) is 12.1 Å². The predicted molar refractivity (Wildman–Crippen MR) is 73.8 cm³/mol. The molecule has 1 aromatic rings. The largest absolute Gasteiger partial charge is 0.394 e. The van der Waals surface area contributed by atoms with E-state index >= 15 is 0 Å². The number of hydrogen-bond donors (Lipinski definition) is 3. The van der Waals surface area contributed by atoms with Crippen LogP contribution in [0.1, 0.15) is 36.8 Å². The monoisotopic (exact) mass is 246 g/mol. The minimum absolute atomic E-state index is 0.0265. The molecule has 0 bridgehead atoms. The summed E-state index contributed by atoms with van der Waals surface area (Å²) in [6, 6.07) is 6.53. The van der Waals surface area contributed by atoms with Crippen LogP contribution in [0.4, 0.5) is 5.69 Å². The van der Waals surface area contributed by atoms with E-state index in [1.54, 1.807) is 0 Å². The van der Waals surface area contributed by atoms with E-state index in [1.807, 2.05) is 0 Å². The highest BCUT2D eigenvalue weighted by Gasteiger charge is 2.32. The van der Waals surface area contributed by atoms with E-state index in [9.17, 15) is 5.11 Å². The lowest BCUT2D eigenvalue weighted by molar-refractivity contribution is 0.163. The highest BCUT2D eigenvalue weighted by molar-refractivity contribution is 5.61. The van der Waals surface area contributed by atoms with Crippen LogP contribution in [0.5, 0.6) is 0 Å². The van der Waals surface area contributed by atoms with Crippen molar-refractivity contribution in [2.45, 2.75) is 44.2 Å². The first-order valence-electron chi connectivity index (χ1n) is 7.04. The topological polar surface area (TPSA) is 44.3 Å². The third-order valence-electron chi connectivity index (χ3n) is 4.45. The summed E-state index contributed by atoms with van der Waals surface area (Å²) < 4.78 is 0. The van der Waals surface area contributed by atoms with Crippen LogP contribution < -0.4 is 10.6 Å². The number of para-hydroxylation sites is 1. The van der Waals surface area contributed by atoms with Gasteiger partial charge in [-0.15, -0.1) is 0 Å². The standard InChI is InChI=1S/C15H22N2O/c18-11-15(7-1-2-8-15)17-10-13-5-3-4-12-6-9-16-14(12)13/h3-5,16-18H,1-2,6-11H2. The quantitative estimate of drug-likeness (QED) is 0.762. The molecular formula is C15H22N2O. The Bertz CT molecular complexity index is 425. The fraction of sp³-hybridized carbons (Fsp3) is 0.600. The number of fused-ring (bicyclic) bond motifs is 1. The molecule has 18 heavy (non-hydrogen) atoms. The first-order chi connectivity index (χ1) is 8.83. The van der Waals surface area contributed by atoms with Crippen molar-refractivity contribution in [3.05, 3.63) is 29.3 Å². The average Bonchev–Trinajstić information content (AvgIpc) is 3.06. The zero-order valence-electron chi connectivity index (χ0n) is 10.8. The molecule has 0 spiro atoms. The van der Waals surface area contributed by atoms with E-state index in [0.29, 0.717) is 0 Å². The highest BCUT2D eigenvalue weighted by Crippen LogP contribution is 2.31. The number of rotatable bonds is 4. The van der Waals surface area contributed by atoms with Crippen molar-refractivity contribution in [2.24, 2.45) is 0 Å². The lowest BCUT2D eigenvalue weighted by Gasteiger charge is -2.28. The van der Waals surface area contributed by atoms with E-state index in [2.05, 4.69) is 28.8 Å². The second-order valence-electron chi connectivity index (χ2n) is 5.63. The van der Waals surface area contributed by atoms with Gasteiger partial charge in [-0.2, -0.15) is 0 Å². The van der Waals surface area contributed by atoms with Gasteiger partial charge in [-0.3, -0.25) is 0 Å². The summed E-state index contributed by atoms with van der Waals surface area (Å²) >= 11 is 0. The zero-order valence-corrected chi connectivity index (χ0v) is 10.8. The molecule has 2 aliphatic rings. The summed E-state index contributed by atoms with van der Waals surface area (Å²) in [4.78, 5) is 0. The molecule has 0 aromatic heterocycles. The lowest BCUT2D eigenvalue weighted by Crippen LogP contribution is -2.45. The van der Waals surface area contributed by atoms with Crippen molar-refractivity contribution in [3.63, 3.8) is 0 Å². The van der Waals surface area contributed by atoms with Crippen LogP contribution >= 0.6 is 0 Å². The smallest absolute Gasteiger partial charge is 0.0613 e. The summed E-state index contributed by atoms with van der Waals surface area (Å²) in [7, 11) is 0. The van der Waals surface area contributed by atoms with Crippen molar-refractivity contribution in [3.8, 4) is 0 Å². The van der Waals surface area contributed by atoms with Crippen LogP contribution in [0, 0.1) is 0 Å². The van der Waals surface area contributed by atoms with Crippen LogP contribution in [0.25, 0.3) is 0 Å². The van der Waals surface area contributed by atoms with Crippen molar-refractivity contribution >= 4 is 5.69 Å². The molecule has 3 N–H and O–H groups in total. The summed E-state index contributed by atoms with van der Waals surface area (Å²) in [5, 5.41) is 16.7. The number of benzene rings is 1. The van der Waals surface area contributed by atoms with Gasteiger partial charge < -0.3 is 15.7 Å². The minimum Gasteiger partial charge on any atom is -0.394 e. The average molecular weight is 246 g/mol. The van der Waals surface area contributed by atoms with Gasteiger partial charge in [0, 0.05) is 24.3 Å². The summed E-state index contributed by atoms with van der Waals surface area (Å²) in [6.07, 6.45) is 5.81. The molecule has 98 valence electrons. The first-order valence-corrected chi connectivity index (χ1v) is 7.04. The van der Waals surface area contributed by atoms with Gasteiger partial charge >= 0.3 is 0 Å². The maximum absolute atomic E-state index is 9.61. The molecule has 1 heterocycles. The number of aliphatic hydroxyl groups is 1. The van der Waals surface area contributed by atoms with E-state index in [0.717, 1.165) is 32.4 Å². The SMILES string of the molecule is OCC1(NCc2cccc3c2NCC3)CCCC1. The Balaban J connectivity index is 1.72. The number of hydrogen-bond acceptors (Lipinski definition) is 3. The molecule has 1 aliphatic carbocycles. The molecule has 3 nitrogen and oxygen atoms in total. The molecule has 3 rings (SSSR count). The van der Waals surface area contributed by atoms with Gasteiger partial charge in [0.05, 0.1) is 6.61 Å². The van der Waals surface area contributed by atoms with E-state index < -0.39 is 0 Å². The van der Waals surface area contributed by atoms with Gasteiger partial charge in [0.25, 0.3) is 0 Å². The normalized spacial score (nSPS) is 20.7. The van der Waals surface area contributed by atoms with Gasteiger partial charge in [0.15, 0.2) is 0 Å². The fourth-order valence-electron chi connectivity index (χ4n) is 3.28. The van der Waals surface area contributed by atoms with Crippen LogP contribution in [-0.2, 0) is 13.0 Å². The Morgan fingerprint density at radius 1 is 1.28 bits per heavy atom. The van der Waals surface area contributed by atoms with Crippen LogP contribution in [0.3, 0.4) is 0 Å². The summed E-state index contributed by atoms with van der Waals surface area (Å²) in [5.41, 5.74) is 4.06. The molecule has 1 aliphatic heterocycles. The molecule has 3 heteroatoms. The Morgan fingerprint density at radius 2 is 2.11 bits per heavy atom. The molecule has 0 radical (unpaired) electrons. The fourth-order valence-corrected chi connectivity index (χ4v) is 3.28. The Morgan fingerprint density at radius 3 is 2.89 bits per heavy atom. The van der Waals surface area contributed by atoms with Crippen LogP contribution in [-0.4, -0.2) is 23.8 Å². The first kappa shape index (κ1) is 12.0. The minimum atomic E-state index is -0.0265. The molecular weight excluding hydrogens is 224 g/mol. The van der Waals surface area contributed by atoms with E-state index in [4.69, 9.17) is 0 Å². The molecule has 0 amide bonds. The molecule has 0 unspecified atom stereocenters. The van der Waals surface area contributed by atoms with Crippen molar-refractivity contribution in [2.75, 3.05) is 18.5 Å². The maximum Gasteiger partial charge on any atom is 0.0613 e. The van der Waals surface area contributed by atoms with Crippen molar-refractivity contribution in [1.29, 1.82) is 0 Å². The zero-order chi connectivity index (χ0) is 12.4. The molecule has 1 saturated carbocycles. The Kier molecular flexibility index (Phi) is 3.27. The second-order valence-corrected chi connectivity index (χ2v) is 5.63. The highest BCUT2D eigenvalue weighted by atomic mass is 16.3. The number of anilines is 1. The van der Waals surface area contributed by atoms with Gasteiger partial charge in [-0.1, -0.05) is 31.0 Å². The van der Waals surface area contributed by atoms with Crippen LogP contribution in [0.2, 0.25) is 0 Å². The molecule has 1 fully saturated rings. The molecule has 1 aromatic carbocycles. The predicted octanol–water partition coefficient (Wildman–Crippen LogP) is 2.05. The van der Waals surface area contributed by atoms with Crippen molar-refractivity contribution < 1.29 is 5.11 Å². The maximum atomic E-state index is 9.61. The summed E-state index contributed by atoms with van der Waals surface area (Å²) in [6.45, 7) is 2.17. The third kappa shape index (κ3) is 2.13. The molecule has 0 atom stereocenters. The number of aliphatic hydroxyl groups excluding tert-OH is 1. The van der Waals surface area contributed by atoms with Crippen LogP contribution in [0.15, 0.2) is 18.2 Å². The second kappa shape index (κ2) is 4.90. The van der Waals surface area contributed by atoms with E-state index in [1.165, 1.54) is 29.7 Å².